The van der Waals surface area contributed by atoms with Gasteiger partial charge >= 0.3 is 0 Å². The number of rotatable bonds is 7. The molecule has 116 valence electrons. The van der Waals surface area contributed by atoms with Crippen LogP contribution in [0.3, 0.4) is 0 Å². The molecule has 1 atom stereocenters. The van der Waals surface area contributed by atoms with Gasteiger partial charge in [0.05, 0.1) is 25.8 Å². The van der Waals surface area contributed by atoms with E-state index < -0.39 is 0 Å². The third kappa shape index (κ3) is 3.86. The van der Waals surface area contributed by atoms with Crippen molar-refractivity contribution in [3.8, 4) is 11.5 Å². The minimum Gasteiger partial charge on any atom is -0.497 e. The number of carbonyl (C=O) groups is 1. The van der Waals surface area contributed by atoms with Crippen LogP contribution in [0.15, 0.2) is 48.5 Å². The van der Waals surface area contributed by atoms with Gasteiger partial charge in [0, 0.05) is 6.54 Å². The highest BCUT2D eigenvalue weighted by Crippen LogP contribution is 2.19. The van der Waals surface area contributed by atoms with Gasteiger partial charge in [-0.3, -0.25) is 4.79 Å². The van der Waals surface area contributed by atoms with Crippen LogP contribution in [0.25, 0.3) is 0 Å². The van der Waals surface area contributed by atoms with E-state index in [2.05, 4.69) is 5.32 Å². The van der Waals surface area contributed by atoms with E-state index in [1.54, 1.807) is 26.4 Å². The van der Waals surface area contributed by atoms with E-state index in [1.165, 1.54) is 0 Å². The molecule has 1 N–H and O–H groups in total. The van der Waals surface area contributed by atoms with E-state index >= 15 is 0 Å². The molecule has 1 unspecified atom stereocenters. The molecule has 0 aliphatic rings. The highest BCUT2D eigenvalue weighted by molar-refractivity contribution is 6.02. The normalized spacial score (nSPS) is 11.8. The quantitative estimate of drug-likeness (QED) is 0.798. The van der Waals surface area contributed by atoms with E-state index in [9.17, 15) is 4.79 Å². The maximum Gasteiger partial charge on any atom is 0.183 e. The Hall–Kier alpha value is -2.33. The van der Waals surface area contributed by atoms with E-state index in [-0.39, 0.29) is 11.8 Å². The SMILES string of the molecule is COc1ccc(CNC(C)C(=O)c2ccccc2OC)cc1. The Morgan fingerprint density at radius 2 is 1.73 bits per heavy atom. The summed E-state index contributed by atoms with van der Waals surface area (Å²) in [5.74, 6) is 1.44. The van der Waals surface area contributed by atoms with Crippen molar-refractivity contribution in [2.75, 3.05) is 14.2 Å². The third-order valence-corrected chi connectivity index (χ3v) is 3.54. The summed E-state index contributed by atoms with van der Waals surface area (Å²) in [6, 6.07) is 14.7. The summed E-state index contributed by atoms with van der Waals surface area (Å²) in [6.07, 6.45) is 0. The Kier molecular flexibility index (Phi) is 5.55. The number of nitrogens with one attached hydrogen (secondary N) is 1. The average Bonchev–Trinajstić information content (AvgIpc) is 2.59. The highest BCUT2D eigenvalue weighted by Gasteiger charge is 2.18. The molecular weight excluding hydrogens is 278 g/mol. The van der Waals surface area contributed by atoms with Crippen LogP contribution < -0.4 is 14.8 Å². The molecule has 0 radical (unpaired) electrons. The molecule has 0 amide bonds. The largest absolute Gasteiger partial charge is 0.497 e. The zero-order valence-electron chi connectivity index (χ0n) is 13.1. The smallest absolute Gasteiger partial charge is 0.183 e. The molecule has 0 heterocycles. The third-order valence-electron chi connectivity index (χ3n) is 3.54. The molecule has 4 nitrogen and oxygen atoms in total. The molecule has 0 bridgehead atoms. The average molecular weight is 299 g/mol. The highest BCUT2D eigenvalue weighted by atomic mass is 16.5. The molecule has 0 saturated heterocycles. The molecule has 0 aliphatic carbocycles. The molecule has 22 heavy (non-hydrogen) atoms. The summed E-state index contributed by atoms with van der Waals surface area (Å²) in [5.41, 5.74) is 1.69. The molecule has 2 aromatic rings. The lowest BCUT2D eigenvalue weighted by molar-refractivity contribution is 0.0947. The van der Waals surface area contributed by atoms with Crippen LogP contribution in [0.1, 0.15) is 22.8 Å². The molecule has 0 aromatic heterocycles. The molecule has 2 rings (SSSR count). The first kappa shape index (κ1) is 16.0. The van der Waals surface area contributed by atoms with Crippen molar-refractivity contribution in [1.29, 1.82) is 0 Å². The van der Waals surface area contributed by atoms with Gasteiger partial charge < -0.3 is 14.8 Å². The fraction of sp³-hybridized carbons (Fsp3) is 0.278. The summed E-state index contributed by atoms with van der Waals surface area (Å²) in [4.78, 5) is 12.5. The summed E-state index contributed by atoms with van der Waals surface area (Å²) in [5, 5.41) is 3.24. The predicted octanol–water partition coefficient (Wildman–Crippen LogP) is 3.06. The first-order chi connectivity index (χ1) is 10.7. The molecule has 2 aromatic carbocycles. The lowest BCUT2D eigenvalue weighted by Gasteiger charge is -2.15. The number of ketones is 1. The van der Waals surface area contributed by atoms with Gasteiger partial charge in [0.15, 0.2) is 5.78 Å². The second-order valence-electron chi connectivity index (χ2n) is 5.02. The Morgan fingerprint density at radius 1 is 1.05 bits per heavy atom. The fourth-order valence-corrected chi connectivity index (χ4v) is 2.19. The molecule has 0 aliphatic heterocycles. The Morgan fingerprint density at radius 3 is 2.36 bits per heavy atom. The molecule has 0 spiro atoms. The second-order valence-corrected chi connectivity index (χ2v) is 5.02. The first-order valence-electron chi connectivity index (χ1n) is 7.19. The van der Waals surface area contributed by atoms with Crippen molar-refractivity contribution < 1.29 is 14.3 Å². The molecular formula is C18H21NO3. The zero-order valence-corrected chi connectivity index (χ0v) is 13.1. The van der Waals surface area contributed by atoms with E-state index in [0.717, 1.165) is 11.3 Å². The van der Waals surface area contributed by atoms with Gasteiger partial charge in [-0.1, -0.05) is 24.3 Å². The second kappa shape index (κ2) is 7.61. The number of methoxy groups -OCH3 is 2. The Balaban J connectivity index is 1.99. The van der Waals surface area contributed by atoms with Crippen molar-refractivity contribution in [1.82, 2.24) is 5.32 Å². The standard InChI is InChI=1S/C18H21NO3/c1-13(18(20)16-6-4-5-7-17(16)22-3)19-12-14-8-10-15(21-2)11-9-14/h4-11,13,19H,12H2,1-3H3. The Bertz CT molecular complexity index is 622. The minimum absolute atomic E-state index is 0.0194. The van der Waals surface area contributed by atoms with Crippen LogP contribution >= 0.6 is 0 Å². The number of hydrogen-bond acceptors (Lipinski definition) is 4. The number of hydrogen-bond donors (Lipinski definition) is 1. The predicted molar refractivity (Wildman–Crippen MR) is 86.6 cm³/mol. The van der Waals surface area contributed by atoms with Crippen molar-refractivity contribution in [2.45, 2.75) is 19.5 Å². The van der Waals surface area contributed by atoms with Crippen LogP contribution in [0.4, 0.5) is 0 Å². The minimum atomic E-state index is -0.293. The van der Waals surface area contributed by atoms with Gasteiger partial charge in [0.2, 0.25) is 0 Å². The summed E-state index contributed by atoms with van der Waals surface area (Å²) >= 11 is 0. The van der Waals surface area contributed by atoms with E-state index in [0.29, 0.717) is 17.9 Å². The van der Waals surface area contributed by atoms with Crippen LogP contribution in [0, 0.1) is 0 Å². The lowest BCUT2D eigenvalue weighted by Crippen LogP contribution is -2.33. The molecule has 4 heteroatoms. The van der Waals surface area contributed by atoms with Crippen molar-refractivity contribution >= 4 is 5.78 Å². The molecule has 0 saturated carbocycles. The Labute approximate surface area is 131 Å². The van der Waals surface area contributed by atoms with Gasteiger partial charge in [-0.05, 0) is 36.8 Å². The fourth-order valence-electron chi connectivity index (χ4n) is 2.19. The first-order valence-corrected chi connectivity index (χ1v) is 7.19. The van der Waals surface area contributed by atoms with Crippen molar-refractivity contribution in [3.63, 3.8) is 0 Å². The number of Topliss-reactive ketones (excluding diaryl/α,β-unsaturated/α-hetero) is 1. The maximum atomic E-state index is 12.5. The van der Waals surface area contributed by atoms with Crippen molar-refractivity contribution in [3.05, 3.63) is 59.7 Å². The van der Waals surface area contributed by atoms with Crippen LogP contribution in [-0.2, 0) is 6.54 Å². The van der Waals surface area contributed by atoms with Gasteiger partial charge in [-0.25, -0.2) is 0 Å². The zero-order chi connectivity index (χ0) is 15.9. The van der Waals surface area contributed by atoms with Gasteiger partial charge in [0.1, 0.15) is 11.5 Å². The monoisotopic (exact) mass is 299 g/mol. The topological polar surface area (TPSA) is 47.6 Å². The van der Waals surface area contributed by atoms with Gasteiger partial charge in [0.25, 0.3) is 0 Å². The lowest BCUT2D eigenvalue weighted by atomic mass is 10.0. The summed E-state index contributed by atoms with van der Waals surface area (Å²) in [7, 11) is 3.21. The van der Waals surface area contributed by atoms with Gasteiger partial charge in [-0.2, -0.15) is 0 Å². The number of benzene rings is 2. The van der Waals surface area contributed by atoms with Crippen LogP contribution in [0.5, 0.6) is 11.5 Å². The van der Waals surface area contributed by atoms with E-state index in [4.69, 9.17) is 9.47 Å². The number of carbonyl (C=O) groups excluding carboxylic acids is 1. The van der Waals surface area contributed by atoms with Gasteiger partial charge in [-0.15, -0.1) is 0 Å². The number of ether oxygens (including phenoxy) is 2. The molecule has 0 fully saturated rings. The van der Waals surface area contributed by atoms with Crippen LogP contribution in [-0.4, -0.2) is 26.0 Å². The maximum absolute atomic E-state index is 12.5. The van der Waals surface area contributed by atoms with Crippen LogP contribution in [0.2, 0.25) is 0 Å². The van der Waals surface area contributed by atoms with E-state index in [1.807, 2.05) is 43.3 Å². The summed E-state index contributed by atoms with van der Waals surface area (Å²) in [6.45, 7) is 2.48. The number of para-hydroxylation sites is 1. The van der Waals surface area contributed by atoms with Crippen molar-refractivity contribution in [2.24, 2.45) is 0 Å². The summed E-state index contributed by atoms with van der Waals surface area (Å²) < 4.78 is 10.4.